The summed E-state index contributed by atoms with van der Waals surface area (Å²) in [5.41, 5.74) is -4.15. The van der Waals surface area contributed by atoms with Gasteiger partial charge in [0, 0.05) is 22.3 Å². The van der Waals surface area contributed by atoms with Gasteiger partial charge in [0.1, 0.15) is 6.61 Å². The van der Waals surface area contributed by atoms with Crippen molar-refractivity contribution in [2.24, 2.45) is 22.7 Å². The number of rotatable bonds is 3. The molecule has 9 atom stereocenters. The van der Waals surface area contributed by atoms with Crippen molar-refractivity contribution < 1.29 is 33.7 Å². The van der Waals surface area contributed by atoms with Crippen LogP contribution in [-0.2, 0) is 24.8 Å². The fraction of sp³-hybridized carbons (Fsp3) is 0.586. The molecule has 0 amide bonds. The fourth-order valence-electron chi connectivity index (χ4n) is 8.64. The standard InChI is InChI=1S/C29H33FO6/c1-25-12-11-19(32)13-18(25)9-10-20-21-14-24-29(23(34)16-31,26(21,2)15-22(33)28(20,25)30)36-27(3,35-24)17-7-5-4-6-8-17/h4-8,11-13,20-22,24,31,33H,9-10,14-16H2,1-3H3/t20-,21-,22-,24-,25-,26-,27?,28-,29+/m0/s1. The second-order valence-electron chi connectivity index (χ2n) is 11.8. The van der Waals surface area contributed by atoms with Gasteiger partial charge in [-0.1, -0.05) is 48.9 Å². The highest BCUT2D eigenvalue weighted by molar-refractivity contribution is 6.01. The predicted octanol–water partition coefficient (Wildman–Crippen LogP) is 3.56. The summed E-state index contributed by atoms with van der Waals surface area (Å²) < 4.78 is 30.5. The van der Waals surface area contributed by atoms with Gasteiger partial charge in [-0.3, -0.25) is 9.59 Å². The average molecular weight is 497 g/mol. The molecule has 1 heterocycles. The first-order valence-electron chi connectivity index (χ1n) is 12.9. The number of hydrogen-bond donors (Lipinski definition) is 2. The number of alkyl halides is 1. The van der Waals surface area contributed by atoms with E-state index < -0.39 is 58.4 Å². The second-order valence-corrected chi connectivity index (χ2v) is 11.8. The minimum atomic E-state index is -2.01. The molecule has 0 radical (unpaired) electrons. The smallest absolute Gasteiger partial charge is 0.193 e. The van der Waals surface area contributed by atoms with Crippen molar-refractivity contribution >= 4 is 11.6 Å². The highest BCUT2D eigenvalue weighted by Gasteiger charge is 2.80. The van der Waals surface area contributed by atoms with Crippen LogP contribution in [0.25, 0.3) is 0 Å². The summed E-state index contributed by atoms with van der Waals surface area (Å²) in [5.74, 6) is -2.78. The minimum Gasteiger partial charge on any atom is -0.390 e. The normalized spacial score (nSPS) is 49.1. The molecule has 1 aromatic carbocycles. The van der Waals surface area contributed by atoms with E-state index in [9.17, 15) is 19.8 Å². The first-order valence-corrected chi connectivity index (χ1v) is 12.9. The molecule has 1 unspecified atom stereocenters. The Kier molecular flexibility index (Phi) is 4.99. The molecule has 0 bridgehead atoms. The van der Waals surface area contributed by atoms with Crippen molar-refractivity contribution in [3.05, 3.63) is 59.7 Å². The third-order valence-corrected chi connectivity index (χ3v) is 10.4. The van der Waals surface area contributed by atoms with E-state index in [-0.39, 0.29) is 18.1 Å². The Morgan fingerprint density at radius 2 is 1.89 bits per heavy atom. The minimum absolute atomic E-state index is 0.0220. The number of aliphatic hydroxyl groups excluding tert-OH is 2. The van der Waals surface area contributed by atoms with Gasteiger partial charge < -0.3 is 19.7 Å². The van der Waals surface area contributed by atoms with Crippen LogP contribution in [0.5, 0.6) is 0 Å². The van der Waals surface area contributed by atoms with E-state index in [1.54, 1.807) is 19.9 Å². The Morgan fingerprint density at radius 1 is 1.17 bits per heavy atom. The highest BCUT2D eigenvalue weighted by atomic mass is 19.1. The van der Waals surface area contributed by atoms with Crippen LogP contribution in [0.3, 0.4) is 0 Å². The number of ketones is 2. The van der Waals surface area contributed by atoms with E-state index in [2.05, 4.69) is 0 Å². The molecular formula is C29H33FO6. The van der Waals surface area contributed by atoms with Crippen molar-refractivity contribution in [3.63, 3.8) is 0 Å². The van der Waals surface area contributed by atoms with Crippen LogP contribution in [0.1, 0.15) is 52.0 Å². The first kappa shape index (κ1) is 24.2. The number of allylic oxidation sites excluding steroid dienone is 4. The summed E-state index contributed by atoms with van der Waals surface area (Å²) in [6, 6.07) is 9.35. The Balaban J connectivity index is 1.46. The summed E-state index contributed by atoms with van der Waals surface area (Å²) in [4.78, 5) is 25.6. The van der Waals surface area contributed by atoms with Crippen LogP contribution in [-0.4, -0.2) is 51.9 Å². The number of aliphatic hydroxyl groups is 2. The molecule has 7 heteroatoms. The monoisotopic (exact) mass is 496 g/mol. The Morgan fingerprint density at radius 3 is 2.58 bits per heavy atom. The van der Waals surface area contributed by atoms with E-state index in [0.29, 0.717) is 24.8 Å². The molecular weight excluding hydrogens is 463 g/mol. The molecule has 6 rings (SSSR count). The van der Waals surface area contributed by atoms with Crippen LogP contribution >= 0.6 is 0 Å². The molecule has 5 aliphatic rings. The SMILES string of the molecule is CC1(c2ccccc2)O[C@H]2C[C@H]3[C@@H]4CCC5=CC(=O)C=C[C@]5(C)[C@@]4(F)[C@@H](O)C[C@]3(C)[C@]2(C(=O)CO)O1. The van der Waals surface area contributed by atoms with E-state index in [1.165, 1.54) is 12.2 Å². The van der Waals surface area contributed by atoms with Crippen molar-refractivity contribution in [2.75, 3.05) is 6.61 Å². The first-order chi connectivity index (χ1) is 17.0. The molecule has 1 aromatic rings. The fourth-order valence-corrected chi connectivity index (χ4v) is 8.64. The predicted molar refractivity (Wildman–Crippen MR) is 128 cm³/mol. The van der Waals surface area contributed by atoms with Crippen LogP contribution in [0.15, 0.2) is 54.1 Å². The topological polar surface area (TPSA) is 93.1 Å². The molecule has 0 spiro atoms. The number of halogens is 1. The van der Waals surface area contributed by atoms with Crippen molar-refractivity contribution in [2.45, 2.75) is 75.7 Å². The summed E-state index contributed by atoms with van der Waals surface area (Å²) in [6.07, 6.45) is 3.77. The van der Waals surface area contributed by atoms with Crippen molar-refractivity contribution in [1.29, 1.82) is 0 Å². The number of fused-ring (bicyclic) bond motifs is 7. The average Bonchev–Trinajstić information content (AvgIpc) is 3.29. The van der Waals surface area contributed by atoms with Crippen molar-refractivity contribution in [1.82, 2.24) is 0 Å². The zero-order valence-electron chi connectivity index (χ0n) is 20.9. The van der Waals surface area contributed by atoms with Gasteiger partial charge in [-0.25, -0.2) is 4.39 Å². The third-order valence-electron chi connectivity index (χ3n) is 10.4. The number of carbonyl (C=O) groups excluding carboxylic acids is 2. The maximum atomic E-state index is 17.4. The molecule has 192 valence electrons. The third kappa shape index (κ3) is 2.65. The molecule has 4 fully saturated rings. The lowest BCUT2D eigenvalue weighted by atomic mass is 9.44. The number of ether oxygens (including phenoxy) is 2. The zero-order chi connectivity index (χ0) is 25.7. The molecule has 3 saturated carbocycles. The zero-order valence-corrected chi connectivity index (χ0v) is 20.9. The molecule has 2 N–H and O–H groups in total. The van der Waals surface area contributed by atoms with Gasteiger partial charge in [0.2, 0.25) is 0 Å². The van der Waals surface area contributed by atoms with E-state index in [4.69, 9.17) is 9.47 Å². The van der Waals surface area contributed by atoms with Crippen LogP contribution in [0.4, 0.5) is 4.39 Å². The number of hydrogen-bond acceptors (Lipinski definition) is 6. The van der Waals surface area contributed by atoms with Gasteiger partial charge in [-0.15, -0.1) is 0 Å². The highest BCUT2D eigenvalue weighted by Crippen LogP contribution is 2.72. The molecule has 6 nitrogen and oxygen atoms in total. The van der Waals surface area contributed by atoms with Crippen LogP contribution < -0.4 is 0 Å². The van der Waals surface area contributed by atoms with Gasteiger partial charge in [-0.2, -0.15) is 0 Å². The Labute approximate surface area is 210 Å². The van der Waals surface area contributed by atoms with Gasteiger partial charge in [0.25, 0.3) is 0 Å². The van der Waals surface area contributed by atoms with E-state index in [0.717, 1.165) is 5.56 Å². The molecule has 1 aliphatic heterocycles. The second kappa shape index (κ2) is 7.44. The number of carbonyl (C=O) groups is 2. The van der Waals surface area contributed by atoms with Crippen molar-refractivity contribution in [3.8, 4) is 0 Å². The van der Waals surface area contributed by atoms with E-state index >= 15 is 4.39 Å². The Bertz CT molecular complexity index is 1200. The summed E-state index contributed by atoms with van der Waals surface area (Å²) >= 11 is 0. The summed E-state index contributed by atoms with van der Waals surface area (Å²) in [6.45, 7) is 4.70. The lowest BCUT2D eigenvalue weighted by Crippen LogP contribution is -2.70. The summed E-state index contributed by atoms with van der Waals surface area (Å²) in [7, 11) is 0. The molecule has 1 saturated heterocycles. The van der Waals surface area contributed by atoms with Crippen LogP contribution in [0, 0.1) is 22.7 Å². The number of benzene rings is 1. The molecule has 36 heavy (non-hydrogen) atoms. The van der Waals surface area contributed by atoms with Gasteiger partial charge >= 0.3 is 0 Å². The molecule has 0 aromatic heterocycles. The van der Waals surface area contributed by atoms with Gasteiger partial charge in [-0.05, 0) is 57.6 Å². The summed E-state index contributed by atoms with van der Waals surface area (Å²) in [5, 5.41) is 21.7. The molecule has 4 aliphatic carbocycles. The Hall–Kier alpha value is -2.19. The van der Waals surface area contributed by atoms with Gasteiger partial charge in [0.15, 0.2) is 28.6 Å². The quantitative estimate of drug-likeness (QED) is 0.665. The van der Waals surface area contributed by atoms with Crippen LogP contribution in [0.2, 0.25) is 0 Å². The maximum absolute atomic E-state index is 17.4. The lowest BCUT2D eigenvalue weighted by molar-refractivity contribution is -0.254. The lowest BCUT2D eigenvalue weighted by Gasteiger charge is -2.62. The van der Waals surface area contributed by atoms with E-state index in [1.807, 2.05) is 37.3 Å². The largest absolute Gasteiger partial charge is 0.390 e. The van der Waals surface area contributed by atoms with Gasteiger partial charge in [0.05, 0.1) is 12.2 Å². The number of Topliss-reactive ketones (excluding diaryl/α,β-unsaturated/α-hetero) is 1. The maximum Gasteiger partial charge on any atom is 0.193 e.